The Bertz CT molecular complexity index is 1610. The van der Waals surface area contributed by atoms with Crippen LogP contribution in [0, 0.1) is 11.7 Å². The van der Waals surface area contributed by atoms with E-state index in [1.165, 1.54) is 12.4 Å². The fraction of sp³-hybridized carbons (Fsp3) is 0.241. The molecule has 5 rings (SSSR count). The van der Waals surface area contributed by atoms with Gasteiger partial charge in [0.25, 0.3) is 11.8 Å². The minimum atomic E-state index is -0.540. The molecule has 39 heavy (non-hydrogen) atoms. The maximum atomic E-state index is 15.6. The van der Waals surface area contributed by atoms with Crippen LogP contribution in [0.2, 0.25) is 0 Å². The van der Waals surface area contributed by atoms with E-state index >= 15 is 4.39 Å². The minimum absolute atomic E-state index is 0.0899. The number of benzene rings is 2. The summed E-state index contributed by atoms with van der Waals surface area (Å²) in [4.78, 5) is 35.3. The smallest absolute Gasteiger partial charge is 0.253 e. The predicted molar refractivity (Wildman–Crippen MR) is 148 cm³/mol. The van der Waals surface area contributed by atoms with Crippen molar-refractivity contribution in [2.24, 2.45) is 13.0 Å². The van der Waals surface area contributed by atoms with Crippen LogP contribution in [-0.2, 0) is 16.6 Å². The van der Waals surface area contributed by atoms with Crippen LogP contribution in [0.15, 0.2) is 60.9 Å². The van der Waals surface area contributed by atoms with Crippen molar-refractivity contribution < 1.29 is 18.7 Å². The SMILES string of the molecule is C=C(C)C(=O)Nc1ccc(-c2c(-c3ccc(C(=O)N(C)CC4COC4)cc3)c3c(N)ncnc3n2C)c(F)c1. The lowest BCUT2D eigenvalue weighted by Gasteiger charge is -2.30. The van der Waals surface area contributed by atoms with Gasteiger partial charge in [-0.1, -0.05) is 18.7 Å². The summed E-state index contributed by atoms with van der Waals surface area (Å²) in [6.07, 6.45) is 1.36. The molecule has 0 saturated carbocycles. The molecule has 4 aromatic rings. The average Bonchev–Trinajstić information content (AvgIpc) is 3.19. The molecule has 200 valence electrons. The molecule has 0 atom stereocenters. The van der Waals surface area contributed by atoms with Gasteiger partial charge in [0, 0.05) is 54.5 Å². The topological polar surface area (TPSA) is 115 Å². The summed E-state index contributed by atoms with van der Waals surface area (Å²) in [7, 11) is 3.56. The Morgan fingerprint density at radius 1 is 1.21 bits per heavy atom. The Morgan fingerprint density at radius 2 is 1.92 bits per heavy atom. The second kappa shape index (κ2) is 10.3. The van der Waals surface area contributed by atoms with Crippen molar-refractivity contribution in [1.82, 2.24) is 19.4 Å². The van der Waals surface area contributed by atoms with Crippen LogP contribution in [0.1, 0.15) is 17.3 Å². The van der Waals surface area contributed by atoms with Crippen molar-refractivity contribution in [3.8, 4) is 22.4 Å². The highest BCUT2D eigenvalue weighted by atomic mass is 19.1. The van der Waals surface area contributed by atoms with Gasteiger partial charge in [0.05, 0.1) is 24.3 Å². The second-order valence-electron chi connectivity index (χ2n) is 9.84. The van der Waals surface area contributed by atoms with Crippen LogP contribution in [0.25, 0.3) is 33.4 Å². The molecular formula is C29H29FN6O3. The zero-order valence-corrected chi connectivity index (χ0v) is 22.0. The Hall–Kier alpha value is -4.57. The third-order valence-corrected chi connectivity index (χ3v) is 6.87. The summed E-state index contributed by atoms with van der Waals surface area (Å²) in [5, 5.41) is 3.21. The zero-order valence-electron chi connectivity index (χ0n) is 22.0. The molecule has 1 fully saturated rings. The van der Waals surface area contributed by atoms with Gasteiger partial charge in [0.2, 0.25) is 0 Å². The highest BCUT2D eigenvalue weighted by molar-refractivity contribution is 6.08. The summed E-state index contributed by atoms with van der Waals surface area (Å²) in [6.45, 7) is 7.15. The number of nitrogens with two attached hydrogens (primary N) is 1. The molecule has 1 saturated heterocycles. The van der Waals surface area contributed by atoms with Gasteiger partial charge in [-0.3, -0.25) is 9.59 Å². The highest BCUT2D eigenvalue weighted by Crippen LogP contribution is 2.42. The first-order chi connectivity index (χ1) is 18.7. The van der Waals surface area contributed by atoms with Crippen molar-refractivity contribution in [2.45, 2.75) is 6.92 Å². The van der Waals surface area contributed by atoms with E-state index in [1.807, 2.05) is 12.1 Å². The molecule has 1 aliphatic heterocycles. The summed E-state index contributed by atoms with van der Waals surface area (Å²) in [5.41, 5.74) is 10.2. The number of ether oxygens (including phenoxy) is 1. The van der Waals surface area contributed by atoms with E-state index in [0.29, 0.717) is 70.4 Å². The van der Waals surface area contributed by atoms with Crippen molar-refractivity contribution in [3.05, 3.63) is 72.3 Å². The number of aromatic nitrogens is 3. The zero-order chi connectivity index (χ0) is 27.8. The quantitative estimate of drug-likeness (QED) is 0.347. The molecule has 9 nitrogen and oxygen atoms in total. The van der Waals surface area contributed by atoms with E-state index in [1.54, 1.807) is 54.8 Å². The van der Waals surface area contributed by atoms with Gasteiger partial charge >= 0.3 is 0 Å². The van der Waals surface area contributed by atoms with Gasteiger partial charge in [0.1, 0.15) is 23.6 Å². The number of nitrogens with zero attached hydrogens (tertiary/aromatic N) is 4. The lowest BCUT2D eigenvalue weighted by molar-refractivity contribution is -0.112. The van der Waals surface area contributed by atoms with Crippen molar-refractivity contribution in [1.29, 1.82) is 0 Å². The number of anilines is 2. The third-order valence-electron chi connectivity index (χ3n) is 6.87. The molecule has 0 bridgehead atoms. The number of fused-ring (bicyclic) bond motifs is 1. The summed E-state index contributed by atoms with van der Waals surface area (Å²) in [5.74, 6) is -0.411. The minimum Gasteiger partial charge on any atom is -0.383 e. The fourth-order valence-corrected chi connectivity index (χ4v) is 4.75. The van der Waals surface area contributed by atoms with Crippen LogP contribution < -0.4 is 11.1 Å². The van der Waals surface area contributed by atoms with Gasteiger partial charge in [-0.15, -0.1) is 0 Å². The standard InChI is InChI=1S/C29H29FN6O3/c1-16(2)28(37)34-20-9-10-21(22(30)11-20)25-23(24-26(31)32-15-33-27(24)36(25)4)18-5-7-19(8-6-18)29(38)35(3)12-17-13-39-14-17/h5-11,15,17H,1,12-14H2,2-4H3,(H,34,37)(H2,31,32,33). The molecule has 10 heteroatoms. The van der Waals surface area contributed by atoms with Gasteiger partial charge in [0.15, 0.2) is 0 Å². The second-order valence-corrected chi connectivity index (χ2v) is 9.84. The van der Waals surface area contributed by atoms with Crippen LogP contribution in [0.4, 0.5) is 15.9 Å². The first-order valence-electron chi connectivity index (χ1n) is 12.4. The molecule has 3 heterocycles. The highest BCUT2D eigenvalue weighted by Gasteiger charge is 2.25. The van der Waals surface area contributed by atoms with Gasteiger partial charge in [-0.2, -0.15) is 0 Å². The van der Waals surface area contributed by atoms with Gasteiger partial charge in [-0.05, 0) is 42.8 Å². The lowest BCUT2D eigenvalue weighted by atomic mass is 9.97. The number of hydrogen-bond donors (Lipinski definition) is 2. The van der Waals surface area contributed by atoms with E-state index < -0.39 is 11.7 Å². The van der Waals surface area contributed by atoms with E-state index in [-0.39, 0.29) is 11.7 Å². The van der Waals surface area contributed by atoms with E-state index in [4.69, 9.17) is 10.5 Å². The molecule has 3 N–H and O–H groups in total. The number of nitrogens with one attached hydrogen (secondary N) is 1. The Kier molecular flexibility index (Phi) is 6.88. The number of carbonyl (C=O) groups excluding carboxylic acids is 2. The van der Waals surface area contributed by atoms with Gasteiger partial charge in [-0.25, -0.2) is 14.4 Å². The molecule has 0 unspecified atom stereocenters. The average molecular weight is 529 g/mol. The van der Waals surface area contributed by atoms with Crippen LogP contribution in [0.3, 0.4) is 0 Å². The van der Waals surface area contributed by atoms with Gasteiger partial charge < -0.3 is 25.3 Å². The summed E-state index contributed by atoms with van der Waals surface area (Å²) < 4.78 is 22.6. The van der Waals surface area contributed by atoms with Crippen LogP contribution in [0.5, 0.6) is 0 Å². The van der Waals surface area contributed by atoms with Crippen molar-refractivity contribution in [2.75, 3.05) is 37.9 Å². The lowest BCUT2D eigenvalue weighted by Crippen LogP contribution is -2.40. The Balaban J connectivity index is 1.57. The van der Waals surface area contributed by atoms with E-state index in [2.05, 4.69) is 21.9 Å². The molecule has 2 amide bonds. The van der Waals surface area contributed by atoms with E-state index in [0.717, 1.165) is 5.56 Å². The predicted octanol–water partition coefficient (Wildman–Crippen LogP) is 4.26. The number of aryl methyl sites for hydroxylation is 1. The number of halogens is 1. The molecule has 1 aliphatic rings. The molecular weight excluding hydrogens is 499 g/mol. The maximum Gasteiger partial charge on any atom is 0.253 e. The van der Waals surface area contributed by atoms with Crippen LogP contribution >= 0.6 is 0 Å². The molecule has 0 spiro atoms. The number of nitrogen functional groups attached to an aromatic ring is 1. The normalized spacial score (nSPS) is 13.2. The first-order valence-corrected chi connectivity index (χ1v) is 12.4. The van der Waals surface area contributed by atoms with Crippen molar-refractivity contribution in [3.63, 3.8) is 0 Å². The largest absolute Gasteiger partial charge is 0.383 e. The molecule has 2 aromatic carbocycles. The molecule has 2 aromatic heterocycles. The summed E-state index contributed by atoms with van der Waals surface area (Å²) >= 11 is 0. The maximum absolute atomic E-state index is 15.6. The Morgan fingerprint density at radius 3 is 2.54 bits per heavy atom. The Labute approximate surface area is 225 Å². The van der Waals surface area contributed by atoms with E-state index in [9.17, 15) is 9.59 Å². The number of rotatable bonds is 7. The number of amides is 2. The first kappa shape index (κ1) is 26.1. The summed E-state index contributed by atoms with van der Waals surface area (Å²) in [6, 6.07) is 11.6. The van der Waals surface area contributed by atoms with Crippen molar-refractivity contribution >= 4 is 34.4 Å². The molecule has 0 radical (unpaired) electrons. The fourth-order valence-electron chi connectivity index (χ4n) is 4.75. The third kappa shape index (κ3) is 4.86. The number of carbonyl (C=O) groups is 2. The monoisotopic (exact) mass is 528 g/mol. The molecule has 0 aliphatic carbocycles. The number of hydrogen-bond acceptors (Lipinski definition) is 6. The van der Waals surface area contributed by atoms with Crippen LogP contribution in [-0.4, -0.2) is 58.1 Å².